The molecular weight excluding hydrogens is 332 g/mol. The molecule has 1 amide bonds. The number of aromatic nitrogens is 3. The average Bonchev–Trinajstić information content (AvgIpc) is 2.86. The zero-order valence-electron chi connectivity index (χ0n) is 15.3. The summed E-state index contributed by atoms with van der Waals surface area (Å²) in [6, 6.07) is 5.12. The van der Waals surface area contributed by atoms with Gasteiger partial charge in [-0.25, -0.2) is 14.3 Å². The topological polar surface area (TPSA) is 96.6 Å². The largest absolute Gasteiger partial charge is 0.478 e. The highest BCUT2D eigenvalue weighted by molar-refractivity contribution is 6.10. The molecule has 0 unspecified atom stereocenters. The fraction of sp³-hybridized carbons (Fsp3) is 0.263. The highest BCUT2D eigenvalue weighted by Crippen LogP contribution is 2.23. The third kappa shape index (κ3) is 2.92. The second-order valence-corrected chi connectivity index (χ2v) is 6.48. The minimum absolute atomic E-state index is 0.160. The maximum absolute atomic E-state index is 12.9. The van der Waals surface area contributed by atoms with Crippen LogP contribution >= 0.6 is 0 Å². The minimum atomic E-state index is -1.03. The van der Waals surface area contributed by atoms with Gasteiger partial charge in [0.25, 0.3) is 5.91 Å². The lowest BCUT2D eigenvalue weighted by atomic mass is 10.0. The molecule has 2 heterocycles. The van der Waals surface area contributed by atoms with Crippen molar-refractivity contribution in [1.82, 2.24) is 14.6 Å². The van der Waals surface area contributed by atoms with Gasteiger partial charge in [0.1, 0.15) is 5.56 Å². The Morgan fingerprint density at radius 3 is 2.38 bits per heavy atom. The summed E-state index contributed by atoms with van der Waals surface area (Å²) >= 11 is 0. The second kappa shape index (κ2) is 6.25. The number of carboxylic acid groups (broad SMARTS) is 1. The number of aryl methyl sites for hydroxylation is 5. The molecule has 0 atom stereocenters. The SMILES string of the molecule is Cc1cc(C)n2nc(C)c(C(=O)Nc3cc(C(=O)O)c(C)cc3C)c2n1. The van der Waals surface area contributed by atoms with Crippen LogP contribution in [0.1, 0.15) is 48.9 Å². The third-order valence-electron chi connectivity index (χ3n) is 4.35. The fourth-order valence-electron chi connectivity index (χ4n) is 3.10. The lowest BCUT2D eigenvalue weighted by Crippen LogP contribution is -2.15. The van der Waals surface area contributed by atoms with Gasteiger partial charge in [0, 0.05) is 17.1 Å². The number of carbonyl (C=O) groups excluding carboxylic acids is 1. The van der Waals surface area contributed by atoms with Gasteiger partial charge in [-0.3, -0.25) is 4.79 Å². The predicted molar refractivity (Wildman–Crippen MR) is 98.0 cm³/mol. The highest BCUT2D eigenvalue weighted by atomic mass is 16.4. The predicted octanol–water partition coefficient (Wildman–Crippen LogP) is 3.22. The number of hydrogen-bond donors (Lipinski definition) is 2. The number of anilines is 1. The van der Waals surface area contributed by atoms with Crippen molar-refractivity contribution in [1.29, 1.82) is 0 Å². The Hall–Kier alpha value is -3.22. The molecule has 0 aliphatic carbocycles. The first-order valence-electron chi connectivity index (χ1n) is 8.18. The number of aromatic carboxylic acids is 1. The van der Waals surface area contributed by atoms with Crippen molar-refractivity contribution in [3.8, 4) is 0 Å². The molecule has 0 radical (unpaired) electrons. The number of benzene rings is 1. The number of nitrogens with one attached hydrogen (secondary N) is 1. The molecule has 26 heavy (non-hydrogen) atoms. The summed E-state index contributed by atoms with van der Waals surface area (Å²) in [5.41, 5.74) is 5.16. The van der Waals surface area contributed by atoms with Gasteiger partial charge in [0.05, 0.1) is 11.3 Å². The highest BCUT2D eigenvalue weighted by Gasteiger charge is 2.21. The van der Waals surface area contributed by atoms with Crippen molar-refractivity contribution in [2.45, 2.75) is 34.6 Å². The Morgan fingerprint density at radius 2 is 1.73 bits per heavy atom. The normalized spacial score (nSPS) is 11.0. The van der Waals surface area contributed by atoms with E-state index in [1.807, 2.05) is 26.8 Å². The van der Waals surface area contributed by atoms with E-state index in [0.29, 0.717) is 28.2 Å². The van der Waals surface area contributed by atoms with Gasteiger partial charge < -0.3 is 10.4 Å². The van der Waals surface area contributed by atoms with E-state index in [9.17, 15) is 14.7 Å². The Labute approximate surface area is 150 Å². The smallest absolute Gasteiger partial charge is 0.336 e. The maximum atomic E-state index is 12.9. The van der Waals surface area contributed by atoms with Gasteiger partial charge in [-0.15, -0.1) is 0 Å². The molecule has 0 saturated carbocycles. The van der Waals surface area contributed by atoms with E-state index in [-0.39, 0.29) is 11.5 Å². The molecule has 7 heteroatoms. The second-order valence-electron chi connectivity index (χ2n) is 6.48. The Bertz CT molecular complexity index is 1070. The molecule has 0 aliphatic rings. The molecule has 0 spiro atoms. The van der Waals surface area contributed by atoms with Gasteiger partial charge in [-0.05, 0) is 57.9 Å². The lowest BCUT2D eigenvalue weighted by Gasteiger charge is -2.11. The molecule has 7 nitrogen and oxygen atoms in total. The number of carboxylic acids is 1. The number of hydrogen-bond acceptors (Lipinski definition) is 4. The van der Waals surface area contributed by atoms with Crippen LogP contribution in [0.4, 0.5) is 5.69 Å². The summed E-state index contributed by atoms with van der Waals surface area (Å²) < 4.78 is 1.64. The molecule has 1 aromatic carbocycles. The summed E-state index contributed by atoms with van der Waals surface area (Å²) in [5, 5.41) is 16.5. The van der Waals surface area contributed by atoms with Crippen molar-refractivity contribution < 1.29 is 14.7 Å². The summed E-state index contributed by atoms with van der Waals surface area (Å²) in [6.45, 7) is 9.07. The quantitative estimate of drug-likeness (QED) is 0.754. The van der Waals surface area contributed by atoms with Crippen LogP contribution < -0.4 is 5.32 Å². The van der Waals surface area contributed by atoms with E-state index in [1.165, 1.54) is 6.07 Å². The number of amides is 1. The Balaban J connectivity index is 2.07. The molecule has 0 bridgehead atoms. The molecule has 3 aromatic rings. The Morgan fingerprint density at radius 1 is 1.04 bits per heavy atom. The van der Waals surface area contributed by atoms with Crippen LogP contribution in [0.25, 0.3) is 5.65 Å². The molecule has 0 fully saturated rings. The van der Waals surface area contributed by atoms with Gasteiger partial charge >= 0.3 is 5.97 Å². The molecule has 0 aliphatic heterocycles. The van der Waals surface area contributed by atoms with Crippen LogP contribution in [0.3, 0.4) is 0 Å². The van der Waals surface area contributed by atoms with Crippen molar-refractivity contribution in [2.24, 2.45) is 0 Å². The van der Waals surface area contributed by atoms with Crippen LogP contribution in [0.2, 0.25) is 0 Å². The van der Waals surface area contributed by atoms with Crippen molar-refractivity contribution in [3.05, 3.63) is 57.5 Å². The van der Waals surface area contributed by atoms with Crippen LogP contribution in [0.15, 0.2) is 18.2 Å². The van der Waals surface area contributed by atoms with E-state index < -0.39 is 5.97 Å². The maximum Gasteiger partial charge on any atom is 0.336 e. The van der Waals surface area contributed by atoms with E-state index >= 15 is 0 Å². The number of carbonyl (C=O) groups is 2. The molecule has 2 aromatic heterocycles. The minimum Gasteiger partial charge on any atom is -0.478 e. The van der Waals surface area contributed by atoms with E-state index in [2.05, 4.69) is 15.4 Å². The molecular formula is C19H20N4O3. The first-order chi connectivity index (χ1) is 12.2. The van der Waals surface area contributed by atoms with Gasteiger partial charge in [0.15, 0.2) is 5.65 Å². The number of rotatable bonds is 3. The molecule has 3 rings (SSSR count). The summed E-state index contributed by atoms with van der Waals surface area (Å²) in [5.74, 6) is -1.39. The first-order valence-corrected chi connectivity index (χ1v) is 8.18. The first kappa shape index (κ1) is 17.6. The lowest BCUT2D eigenvalue weighted by molar-refractivity contribution is 0.0695. The molecule has 134 valence electrons. The van der Waals surface area contributed by atoms with Crippen molar-refractivity contribution in [2.75, 3.05) is 5.32 Å². The van der Waals surface area contributed by atoms with Crippen LogP contribution in [0.5, 0.6) is 0 Å². The third-order valence-corrected chi connectivity index (χ3v) is 4.35. The molecule has 0 saturated heterocycles. The monoisotopic (exact) mass is 352 g/mol. The van der Waals surface area contributed by atoms with Crippen LogP contribution in [0, 0.1) is 34.6 Å². The van der Waals surface area contributed by atoms with Crippen molar-refractivity contribution in [3.63, 3.8) is 0 Å². The molecule has 2 N–H and O–H groups in total. The summed E-state index contributed by atoms with van der Waals surface area (Å²) in [4.78, 5) is 28.7. The zero-order valence-corrected chi connectivity index (χ0v) is 15.3. The standard InChI is InChI=1S/C19H20N4O3/c1-9-6-10(2)15(8-14(9)19(25)26)21-18(24)16-13(5)22-23-12(4)7-11(3)20-17(16)23/h6-8H,1-5H3,(H,21,24)(H,25,26). The van der Waals surface area contributed by atoms with E-state index in [0.717, 1.165) is 17.0 Å². The Kier molecular flexibility index (Phi) is 4.23. The summed E-state index contributed by atoms with van der Waals surface area (Å²) in [7, 11) is 0. The van der Waals surface area contributed by atoms with Gasteiger partial charge in [-0.2, -0.15) is 5.10 Å². The zero-order chi connectivity index (χ0) is 19.2. The fourth-order valence-corrected chi connectivity index (χ4v) is 3.10. The van der Waals surface area contributed by atoms with E-state index in [4.69, 9.17) is 0 Å². The van der Waals surface area contributed by atoms with Crippen molar-refractivity contribution >= 4 is 23.2 Å². The van der Waals surface area contributed by atoms with Gasteiger partial charge in [0.2, 0.25) is 0 Å². The van der Waals surface area contributed by atoms with Crippen LogP contribution in [-0.2, 0) is 0 Å². The number of fused-ring (bicyclic) bond motifs is 1. The summed E-state index contributed by atoms with van der Waals surface area (Å²) in [6.07, 6.45) is 0. The van der Waals surface area contributed by atoms with E-state index in [1.54, 1.807) is 24.4 Å². The van der Waals surface area contributed by atoms with Crippen LogP contribution in [-0.4, -0.2) is 31.6 Å². The average molecular weight is 352 g/mol. The number of nitrogens with zero attached hydrogens (tertiary/aromatic N) is 3. The van der Waals surface area contributed by atoms with Gasteiger partial charge in [-0.1, -0.05) is 6.07 Å².